The van der Waals surface area contributed by atoms with Crippen molar-refractivity contribution in [2.24, 2.45) is 5.92 Å². The van der Waals surface area contributed by atoms with Crippen LogP contribution in [0.15, 0.2) is 0 Å². The van der Waals surface area contributed by atoms with Crippen LogP contribution in [-0.2, 0) is 33.4 Å². The Balaban J connectivity index is 3.80. The number of rotatable bonds is 18. The maximum absolute atomic E-state index is 12.1. The van der Waals surface area contributed by atoms with Crippen molar-refractivity contribution >= 4 is 30.0 Å². The Labute approximate surface area is 182 Å². The first-order chi connectivity index (χ1) is 14.7. The molecule has 0 bridgehead atoms. The monoisotopic (exact) mass is 445 g/mol. The lowest BCUT2D eigenvalue weighted by molar-refractivity contribution is -0.137. The van der Waals surface area contributed by atoms with Crippen LogP contribution in [0.4, 0.5) is 0 Å². The van der Waals surface area contributed by atoms with Crippen molar-refractivity contribution in [3.63, 3.8) is 0 Å². The van der Waals surface area contributed by atoms with Crippen LogP contribution in [0, 0.1) is 5.92 Å². The van der Waals surface area contributed by atoms with E-state index in [4.69, 9.17) is 14.6 Å². The number of ether oxygens (including phenoxy) is 2. The van der Waals surface area contributed by atoms with Gasteiger partial charge in [0, 0.05) is 25.8 Å². The first-order valence-electron chi connectivity index (χ1n) is 10.4. The van der Waals surface area contributed by atoms with Crippen LogP contribution < -0.4 is 16.0 Å². The highest BCUT2D eigenvalue weighted by atomic mass is 16.5. The third-order valence-corrected chi connectivity index (χ3v) is 4.05. The molecule has 0 heterocycles. The fraction of sp³-hybridized carbons (Fsp3) is 0.750. The van der Waals surface area contributed by atoms with Crippen LogP contribution in [-0.4, -0.2) is 80.1 Å². The Bertz CT molecular complexity index is 583. The summed E-state index contributed by atoms with van der Waals surface area (Å²) in [6.45, 7) is 6.46. The number of aliphatic carboxylic acids is 1. The lowest BCUT2D eigenvalue weighted by Crippen LogP contribution is -2.52. The second kappa shape index (κ2) is 17.2. The van der Waals surface area contributed by atoms with Gasteiger partial charge < -0.3 is 35.3 Å². The van der Waals surface area contributed by atoms with E-state index in [1.807, 2.05) is 0 Å². The molecule has 0 aliphatic heterocycles. The quantitative estimate of drug-likeness (QED) is 0.164. The summed E-state index contributed by atoms with van der Waals surface area (Å²) in [5.41, 5.74) is 0. The third kappa shape index (κ3) is 15.9. The zero-order valence-corrected chi connectivity index (χ0v) is 18.5. The second-order valence-corrected chi connectivity index (χ2v) is 7.29. The number of carbonyl (C=O) groups is 5. The summed E-state index contributed by atoms with van der Waals surface area (Å²) in [5, 5.41) is 16.3. The summed E-state index contributed by atoms with van der Waals surface area (Å²) >= 11 is 0. The van der Waals surface area contributed by atoms with Crippen LogP contribution in [0.1, 0.15) is 46.5 Å². The number of aldehydes is 1. The van der Waals surface area contributed by atoms with Crippen molar-refractivity contribution in [1.29, 1.82) is 0 Å². The van der Waals surface area contributed by atoms with Crippen molar-refractivity contribution < 1.29 is 38.6 Å². The first-order valence-corrected chi connectivity index (χ1v) is 10.4. The fourth-order valence-electron chi connectivity index (χ4n) is 2.37. The number of carbonyl (C=O) groups excluding carboxylic acids is 4. The summed E-state index contributed by atoms with van der Waals surface area (Å²) < 4.78 is 10.6. The molecule has 11 nitrogen and oxygen atoms in total. The molecule has 178 valence electrons. The smallest absolute Gasteiger partial charge is 0.303 e. The third-order valence-electron chi connectivity index (χ3n) is 4.05. The Morgan fingerprint density at radius 3 is 2.10 bits per heavy atom. The fourth-order valence-corrected chi connectivity index (χ4v) is 2.37. The Morgan fingerprint density at radius 2 is 1.52 bits per heavy atom. The Morgan fingerprint density at radius 1 is 0.871 bits per heavy atom. The molecule has 3 amide bonds. The van der Waals surface area contributed by atoms with Crippen LogP contribution in [0.5, 0.6) is 0 Å². The number of carboxylic acid groups (broad SMARTS) is 1. The van der Waals surface area contributed by atoms with Crippen molar-refractivity contribution in [3.05, 3.63) is 0 Å². The molecule has 0 saturated heterocycles. The van der Waals surface area contributed by atoms with E-state index in [9.17, 15) is 24.0 Å². The van der Waals surface area contributed by atoms with Gasteiger partial charge in [0.25, 0.3) is 0 Å². The van der Waals surface area contributed by atoms with Gasteiger partial charge in [-0.3, -0.25) is 19.2 Å². The number of amides is 3. The summed E-state index contributed by atoms with van der Waals surface area (Å²) in [7, 11) is 0. The topological polar surface area (TPSA) is 160 Å². The summed E-state index contributed by atoms with van der Waals surface area (Å²) in [6, 6.07) is -1.36. The van der Waals surface area contributed by atoms with E-state index in [1.165, 1.54) is 0 Å². The standard InChI is InChI=1S/C20H35N3O8/c1-14(2)19(20(29)22-15(3)13-24)23-17(26)7-9-30-11-12-31-10-8-21-16(25)5-4-6-18(27)28/h13-15,19H,4-12H2,1-3H3,(H,21,25)(H,22,29)(H,23,26)(H,27,28). The number of hydrogen-bond acceptors (Lipinski definition) is 7. The Hall–Kier alpha value is -2.53. The van der Waals surface area contributed by atoms with Crippen LogP contribution >= 0.6 is 0 Å². The predicted octanol–water partition coefficient (Wildman–Crippen LogP) is -0.375. The van der Waals surface area contributed by atoms with Gasteiger partial charge in [-0.2, -0.15) is 0 Å². The van der Waals surface area contributed by atoms with Crippen LogP contribution in [0.3, 0.4) is 0 Å². The molecule has 0 aliphatic rings. The minimum Gasteiger partial charge on any atom is -0.481 e. The van der Waals surface area contributed by atoms with E-state index in [0.717, 1.165) is 0 Å². The second-order valence-electron chi connectivity index (χ2n) is 7.29. The van der Waals surface area contributed by atoms with E-state index in [0.29, 0.717) is 25.9 Å². The zero-order chi connectivity index (χ0) is 23.6. The largest absolute Gasteiger partial charge is 0.481 e. The number of hydrogen-bond donors (Lipinski definition) is 4. The van der Waals surface area contributed by atoms with Gasteiger partial charge in [-0.25, -0.2) is 0 Å². The molecule has 0 spiro atoms. The minimum absolute atomic E-state index is 0.0377. The maximum Gasteiger partial charge on any atom is 0.303 e. The number of nitrogens with one attached hydrogen (secondary N) is 3. The predicted molar refractivity (Wildman–Crippen MR) is 111 cm³/mol. The molecule has 0 aromatic rings. The minimum atomic E-state index is -0.928. The maximum atomic E-state index is 12.1. The van der Waals surface area contributed by atoms with Gasteiger partial charge >= 0.3 is 5.97 Å². The van der Waals surface area contributed by atoms with E-state index >= 15 is 0 Å². The molecule has 2 unspecified atom stereocenters. The van der Waals surface area contributed by atoms with Gasteiger partial charge in [0.1, 0.15) is 12.3 Å². The number of carboxylic acids is 1. The average molecular weight is 446 g/mol. The van der Waals surface area contributed by atoms with Gasteiger partial charge in [-0.05, 0) is 19.3 Å². The molecular formula is C20H35N3O8. The molecule has 0 aromatic carbocycles. The lowest BCUT2D eigenvalue weighted by atomic mass is 10.0. The van der Waals surface area contributed by atoms with Gasteiger partial charge in [0.2, 0.25) is 17.7 Å². The molecule has 0 radical (unpaired) electrons. The van der Waals surface area contributed by atoms with E-state index in [-0.39, 0.29) is 56.8 Å². The Kier molecular flexibility index (Phi) is 15.8. The van der Waals surface area contributed by atoms with Crippen molar-refractivity contribution in [1.82, 2.24) is 16.0 Å². The first kappa shape index (κ1) is 28.5. The van der Waals surface area contributed by atoms with Gasteiger partial charge in [-0.15, -0.1) is 0 Å². The SMILES string of the molecule is CC(C=O)NC(=O)C(NC(=O)CCOCCOCCNC(=O)CCCC(=O)O)C(C)C. The highest BCUT2D eigenvalue weighted by Crippen LogP contribution is 2.03. The lowest BCUT2D eigenvalue weighted by Gasteiger charge is -2.22. The molecule has 0 saturated carbocycles. The van der Waals surface area contributed by atoms with Crippen molar-refractivity contribution in [2.75, 3.05) is 33.0 Å². The van der Waals surface area contributed by atoms with Crippen LogP contribution in [0.2, 0.25) is 0 Å². The van der Waals surface area contributed by atoms with Crippen LogP contribution in [0.25, 0.3) is 0 Å². The molecule has 0 aliphatic carbocycles. The molecule has 11 heteroatoms. The molecule has 0 rings (SSSR count). The average Bonchev–Trinajstić information content (AvgIpc) is 2.69. The summed E-state index contributed by atoms with van der Waals surface area (Å²) in [4.78, 5) is 56.6. The molecule has 2 atom stereocenters. The normalized spacial score (nSPS) is 12.6. The molecular weight excluding hydrogens is 410 g/mol. The summed E-state index contributed by atoms with van der Waals surface area (Å²) in [6.07, 6.45) is 1.11. The van der Waals surface area contributed by atoms with E-state index < -0.39 is 24.0 Å². The molecule has 0 aromatic heterocycles. The molecule has 4 N–H and O–H groups in total. The van der Waals surface area contributed by atoms with Gasteiger partial charge in [0.05, 0.1) is 32.5 Å². The van der Waals surface area contributed by atoms with E-state index in [1.54, 1.807) is 20.8 Å². The van der Waals surface area contributed by atoms with Gasteiger partial charge in [-0.1, -0.05) is 13.8 Å². The molecule has 0 fully saturated rings. The van der Waals surface area contributed by atoms with Crippen molar-refractivity contribution in [3.8, 4) is 0 Å². The molecule has 31 heavy (non-hydrogen) atoms. The van der Waals surface area contributed by atoms with Crippen molar-refractivity contribution in [2.45, 2.75) is 58.5 Å². The van der Waals surface area contributed by atoms with Gasteiger partial charge in [0.15, 0.2) is 0 Å². The highest BCUT2D eigenvalue weighted by Gasteiger charge is 2.24. The highest BCUT2D eigenvalue weighted by molar-refractivity contribution is 5.89. The summed E-state index contributed by atoms with van der Waals surface area (Å²) in [5.74, 6) is -2.04. The van der Waals surface area contributed by atoms with E-state index in [2.05, 4.69) is 16.0 Å². The zero-order valence-electron chi connectivity index (χ0n) is 18.5.